The van der Waals surface area contributed by atoms with Gasteiger partial charge in [0.1, 0.15) is 12.9 Å². The minimum absolute atomic E-state index is 0.0759. The molecule has 0 saturated carbocycles. The summed E-state index contributed by atoms with van der Waals surface area (Å²) in [6.07, 6.45) is 7.27. The van der Waals surface area contributed by atoms with Gasteiger partial charge in [0.25, 0.3) is 0 Å². The number of hydrogen-bond donors (Lipinski definition) is 0. The van der Waals surface area contributed by atoms with Crippen LogP contribution < -0.4 is 0 Å². The molecule has 0 aliphatic carbocycles. The Bertz CT molecular complexity index is 631. The average Bonchev–Trinajstić information content (AvgIpc) is 3.13. The van der Waals surface area contributed by atoms with Crippen LogP contribution in [0.2, 0.25) is 0 Å². The van der Waals surface area contributed by atoms with E-state index in [4.69, 9.17) is 0 Å². The summed E-state index contributed by atoms with van der Waals surface area (Å²) in [5, 5.41) is 10.9. The summed E-state index contributed by atoms with van der Waals surface area (Å²) >= 11 is 0. The van der Waals surface area contributed by atoms with E-state index in [0.717, 1.165) is 39.0 Å². The van der Waals surface area contributed by atoms with Crippen LogP contribution in [0.25, 0.3) is 0 Å². The van der Waals surface area contributed by atoms with Gasteiger partial charge < -0.3 is 4.90 Å². The molecular weight excluding hydrogens is 306 g/mol. The predicted octanol–water partition coefficient (Wildman–Crippen LogP) is 0.581. The Kier molecular flexibility index (Phi) is 5.47. The molecule has 2 aromatic rings. The Morgan fingerprint density at radius 1 is 1.38 bits per heavy atom. The number of piperidine rings is 1. The van der Waals surface area contributed by atoms with E-state index < -0.39 is 0 Å². The lowest BCUT2D eigenvalue weighted by molar-refractivity contribution is -0.134. The van der Waals surface area contributed by atoms with Gasteiger partial charge in [-0.15, -0.1) is 5.10 Å². The quantitative estimate of drug-likeness (QED) is 0.771. The van der Waals surface area contributed by atoms with Gasteiger partial charge in [0.05, 0.1) is 0 Å². The van der Waals surface area contributed by atoms with E-state index in [1.54, 1.807) is 0 Å². The number of aromatic nitrogens is 5. The van der Waals surface area contributed by atoms with Gasteiger partial charge in [-0.05, 0) is 47.5 Å². The first kappa shape index (κ1) is 16.5. The van der Waals surface area contributed by atoms with Crippen molar-refractivity contribution in [1.29, 1.82) is 0 Å². The fourth-order valence-corrected chi connectivity index (χ4v) is 3.19. The van der Waals surface area contributed by atoms with Crippen molar-refractivity contribution in [3.05, 3.63) is 36.4 Å². The van der Waals surface area contributed by atoms with Crippen molar-refractivity contribution < 1.29 is 4.79 Å². The second kappa shape index (κ2) is 7.96. The van der Waals surface area contributed by atoms with E-state index in [1.807, 2.05) is 29.4 Å². The summed E-state index contributed by atoms with van der Waals surface area (Å²) in [5.41, 5.74) is 1.25. The summed E-state index contributed by atoms with van der Waals surface area (Å²) in [6, 6.07) is 4.48. The van der Waals surface area contributed by atoms with Crippen LogP contribution in [0, 0.1) is 0 Å². The van der Waals surface area contributed by atoms with E-state index in [9.17, 15) is 4.79 Å². The van der Waals surface area contributed by atoms with E-state index in [2.05, 4.69) is 32.3 Å². The highest BCUT2D eigenvalue weighted by molar-refractivity contribution is 5.76. The molecule has 3 heterocycles. The van der Waals surface area contributed by atoms with Crippen molar-refractivity contribution in [3.63, 3.8) is 0 Å². The van der Waals surface area contributed by atoms with Crippen LogP contribution in [-0.2, 0) is 17.9 Å². The molecule has 8 nitrogen and oxygen atoms in total. The maximum Gasteiger partial charge on any atom is 0.244 e. The monoisotopic (exact) mass is 329 g/mol. The lowest BCUT2D eigenvalue weighted by atomic mass is 10.0. The molecule has 0 bridgehead atoms. The SMILES string of the molecule is CCN(Cc1ccncc1)[C@H]1CCCN(C(=O)Cn2cnnn2)C1. The third kappa shape index (κ3) is 4.14. The van der Waals surface area contributed by atoms with Gasteiger partial charge in [-0.25, -0.2) is 4.68 Å². The Morgan fingerprint density at radius 3 is 2.92 bits per heavy atom. The summed E-state index contributed by atoms with van der Waals surface area (Å²) in [4.78, 5) is 20.9. The number of pyridine rings is 1. The van der Waals surface area contributed by atoms with Crippen molar-refractivity contribution >= 4 is 5.91 Å². The molecule has 2 aromatic heterocycles. The molecule has 1 atom stereocenters. The number of likely N-dealkylation sites (tertiary alicyclic amines) is 1. The first-order valence-electron chi connectivity index (χ1n) is 8.37. The van der Waals surface area contributed by atoms with Gasteiger partial charge >= 0.3 is 0 Å². The predicted molar refractivity (Wildman–Crippen MR) is 87.7 cm³/mol. The minimum Gasteiger partial charge on any atom is -0.340 e. The van der Waals surface area contributed by atoms with E-state index in [0.29, 0.717) is 6.04 Å². The maximum absolute atomic E-state index is 12.5. The third-order valence-corrected chi connectivity index (χ3v) is 4.50. The van der Waals surface area contributed by atoms with Crippen LogP contribution in [0.1, 0.15) is 25.3 Å². The topological polar surface area (TPSA) is 80.0 Å². The van der Waals surface area contributed by atoms with Crippen LogP contribution in [0.4, 0.5) is 0 Å². The number of nitrogens with zero attached hydrogens (tertiary/aromatic N) is 7. The van der Waals surface area contributed by atoms with E-state index in [-0.39, 0.29) is 12.5 Å². The van der Waals surface area contributed by atoms with Gasteiger partial charge in [-0.1, -0.05) is 6.92 Å². The summed E-state index contributed by atoms with van der Waals surface area (Å²) in [7, 11) is 0. The van der Waals surface area contributed by atoms with Crippen molar-refractivity contribution in [2.45, 2.75) is 38.9 Å². The fourth-order valence-electron chi connectivity index (χ4n) is 3.19. The molecule has 1 amide bonds. The zero-order chi connectivity index (χ0) is 16.8. The zero-order valence-electron chi connectivity index (χ0n) is 14.0. The van der Waals surface area contributed by atoms with Crippen molar-refractivity contribution in [2.75, 3.05) is 19.6 Å². The van der Waals surface area contributed by atoms with Crippen LogP contribution in [0.15, 0.2) is 30.9 Å². The van der Waals surface area contributed by atoms with Crippen molar-refractivity contribution in [2.24, 2.45) is 0 Å². The minimum atomic E-state index is 0.0759. The number of amides is 1. The molecule has 0 aromatic carbocycles. The molecule has 0 N–H and O–H groups in total. The highest BCUT2D eigenvalue weighted by Gasteiger charge is 2.27. The van der Waals surface area contributed by atoms with Crippen molar-refractivity contribution in [1.82, 2.24) is 35.0 Å². The first-order chi connectivity index (χ1) is 11.8. The van der Waals surface area contributed by atoms with Crippen LogP contribution in [0.3, 0.4) is 0 Å². The van der Waals surface area contributed by atoms with Gasteiger partial charge in [0.2, 0.25) is 5.91 Å². The van der Waals surface area contributed by atoms with Gasteiger partial charge in [0.15, 0.2) is 0 Å². The number of hydrogen-bond acceptors (Lipinski definition) is 6. The average molecular weight is 329 g/mol. The Hall–Kier alpha value is -2.35. The molecule has 1 aliphatic heterocycles. The highest BCUT2D eigenvalue weighted by Crippen LogP contribution is 2.18. The molecule has 128 valence electrons. The van der Waals surface area contributed by atoms with Crippen molar-refractivity contribution in [3.8, 4) is 0 Å². The first-order valence-corrected chi connectivity index (χ1v) is 8.37. The molecule has 24 heavy (non-hydrogen) atoms. The molecule has 0 unspecified atom stereocenters. The van der Waals surface area contributed by atoms with E-state index >= 15 is 0 Å². The highest BCUT2D eigenvalue weighted by atomic mass is 16.2. The number of carbonyl (C=O) groups is 1. The molecule has 0 radical (unpaired) electrons. The Morgan fingerprint density at radius 2 is 2.21 bits per heavy atom. The zero-order valence-corrected chi connectivity index (χ0v) is 14.0. The summed E-state index contributed by atoms with van der Waals surface area (Å²) in [6.45, 7) is 5.80. The summed E-state index contributed by atoms with van der Waals surface area (Å²) in [5.74, 6) is 0.0759. The Labute approximate surface area is 141 Å². The lowest BCUT2D eigenvalue weighted by Gasteiger charge is -2.39. The van der Waals surface area contributed by atoms with Gasteiger partial charge in [-0.3, -0.25) is 14.7 Å². The van der Waals surface area contributed by atoms with Gasteiger partial charge in [0, 0.05) is 38.1 Å². The summed E-state index contributed by atoms with van der Waals surface area (Å²) < 4.78 is 1.47. The molecule has 1 aliphatic rings. The second-order valence-corrected chi connectivity index (χ2v) is 6.06. The van der Waals surface area contributed by atoms with Crippen LogP contribution >= 0.6 is 0 Å². The molecule has 8 heteroatoms. The normalized spacial score (nSPS) is 18.1. The smallest absolute Gasteiger partial charge is 0.244 e. The fraction of sp³-hybridized carbons (Fsp3) is 0.562. The standard InChI is InChI=1S/C16H23N7O/c1-2-21(10-14-5-7-17-8-6-14)15-4-3-9-22(11-15)16(24)12-23-13-18-19-20-23/h5-8,13,15H,2-4,9-12H2,1H3/t15-/m0/s1. The molecule has 0 spiro atoms. The second-order valence-electron chi connectivity index (χ2n) is 6.06. The molecular formula is C16H23N7O. The lowest BCUT2D eigenvalue weighted by Crippen LogP contribution is -2.50. The number of likely N-dealkylation sites (N-methyl/N-ethyl adjacent to an activating group) is 1. The van der Waals surface area contributed by atoms with Gasteiger partial charge in [-0.2, -0.15) is 0 Å². The molecule has 1 saturated heterocycles. The maximum atomic E-state index is 12.5. The largest absolute Gasteiger partial charge is 0.340 e. The Balaban J connectivity index is 1.60. The van der Waals surface area contributed by atoms with Crippen LogP contribution in [0.5, 0.6) is 0 Å². The molecule has 1 fully saturated rings. The third-order valence-electron chi connectivity index (χ3n) is 4.50. The van der Waals surface area contributed by atoms with E-state index in [1.165, 1.54) is 16.6 Å². The number of carbonyl (C=O) groups excluding carboxylic acids is 1. The number of tetrazole rings is 1. The van der Waals surface area contributed by atoms with Crippen LogP contribution in [-0.4, -0.2) is 66.6 Å². The number of rotatable bonds is 6. The molecule has 3 rings (SSSR count).